The molecule has 0 aromatic heterocycles. The number of carbonyl (C=O) groups is 1. The number of phenols is 1. The van der Waals surface area contributed by atoms with Crippen molar-refractivity contribution in [3.63, 3.8) is 0 Å². The fourth-order valence-corrected chi connectivity index (χ4v) is 2.19. The maximum absolute atomic E-state index is 12.0. The lowest BCUT2D eigenvalue weighted by Gasteiger charge is -2.04. The first-order valence-electron chi connectivity index (χ1n) is 7.23. The Morgan fingerprint density at radius 2 is 1.77 bits per heavy atom. The minimum atomic E-state index is -0.244. The van der Waals surface area contributed by atoms with Crippen LogP contribution >= 0.6 is 0 Å². The average Bonchev–Trinajstić information content (AvgIpc) is 2.52. The smallest absolute Gasteiger partial charge is 0.271 e. The van der Waals surface area contributed by atoms with Crippen LogP contribution in [-0.4, -0.2) is 17.2 Å². The minimum Gasteiger partial charge on any atom is -0.507 e. The number of amides is 1. The first-order chi connectivity index (χ1) is 10.5. The second-order valence-corrected chi connectivity index (χ2v) is 5.25. The molecule has 0 unspecified atom stereocenters. The van der Waals surface area contributed by atoms with Crippen LogP contribution in [0.4, 0.5) is 0 Å². The molecule has 0 radical (unpaired) electrons. The van der Waals surface area contributed by atoms with E-state index in [9.17, 15) is 9.90 Å². The second-order valence-electron chi connectivity index (χ2n) is 5.25. The predicted molar refractivity (Wildman–Crippen MR) is 88.5 cm³/mol. The number of hydrogen-bond acceptors (Lipinski definition) is 3. The van der Waals surface area contributed by atoms with E-state index < -0.39 is 0 Å². The van der Waals surface area contributed by atoms with Crippen LogP contribution in [0.5, 0.6) is 5.75 Å². The summed E-state index contributed by atoms with van der Waals surface area (Å²) in [5.74, 6) is 0.0447. The van der Waals surface area contributed by atoms with Gasteiger partial charge in [0.05, 0.1) is 6.21 Å². The highest BCUT2D eigenvalue weighted by atomic mass is 16.3. The molecule has 4 nitrogen and oxygen atoms in total. The summed E-state index contributed by atoms with van der Waals surface area (Å²) in [7, 11) is 0. The van der Waals surface area contributed by atoms with E-state index in [-0.39, 0.29) is 11.7 Å². The third kappa shape index (κ3) is 3.73. The molecule has 2 aromatic carbocycles. The lowest BCUT2D eigenvalue weighted by Crippen LogP contribution is -2.17. The van der Waals surface area contributed by atoms with E-state index in [1.807, 2.05) is 38.1 Å². The largest absolute Gasteiger partial charge is 0.507 e. The third-order valence-electron chi connectivity index (χ3n) is 3.52. The summed E-state index contributed by atoms with van der Waals surface area (Å²) in [6.45, 7) is 5.72. The highest BCUT2D eigenvalue weighted by Gasteiger charge is 2.04. The number of hydrogen-bond donors (Lipinski definition) is 2. The highest BCUT2D eigenvalue weighted by molar-refractivity contribution is 5.94. The van der Waals surface area contributed by atoms with Crippen molar-refractivity contribution in [3.8, 4) is 5.75 Å². The Bertz CT molecular complexity index is 681. The zero-order valence-electron chi connectivity index (χ0n) is 13.1. The zero-order valence-corrected chi connectivity index (χ0v) is 13.1. The number of hydrazone groups is 1. The van der Waals surface area contributed by atoms with Gasteiger partial charge in [-0.1, -0.05) is 19.1 Å². The van der Waals surface area contributed by atoms with Crippen LogP contribution in [0.2, 0.25) is 0 Å². The van der Waals surface area contributed by atoms with Crippen LogP contribution in [0.25, 0.3) is 0 Å². The van der Waals surface area contributed by atoms with Gasteiger partial charge in [-0.15, -0.1) is 0 Å². The van der Waals surface area contributed by atoms with Crippen molar-refractivity contribution in [1.82, 2.24) is 5.43 Å². The van der Waals surface area contributed by atoms with E-state index in [4.69, 9.17) is 0 Å². The number of benzene rings is 2. The van der Waals surface area contributed by atoms with Gasteiger partial charge in [-0.2, -0.15) is 5.10 Å². The van der Waals surface area contributed by atoms with Gasteiger partial charge in [0.2, 0.25) is 0 Å². The van der Waals surface area contributed by atoms with Gasteiger partial charge in [-0.05, 0) is 66.8 Å². The Morgan fingerprint density at radius 1 is 1.18 bits per heavy atom. The van der Waals surface area contributed by atoms with Crippen molar-refractivity contribution >= 4 is 12.1 Å². The molecule has 0 fully saturated rings. The Morgan fingerprint density at radius 3 is 2.32 bits per heavy atom. The molecule has 0 atom stereocenters. The molecule has 0 bridgehead atoms. The molecule has 0 aliphatic heterocycles. The number of phenolic OH excluding ortho intramolecular Hbond substituents is 1. The van der Waals surface area contributed by atoms with Gasteiger partial charge < -0.3 is 5.11 Å². The summed E-state index contributed by atoms with van der Waals surface area (Å²) in [6.07, 6.45) is 2.51. The molecule has 1 amide bonds. The molecule has 114 valence electrons. The number of nitrogens with one attached hydrogen (secondary N) is 1. The van der Waals surface area contributed by atoms with Crippen LogP contribution < -0.4 is 5.43 Å². The molecule has 0 spiro atoms. The van der Waals surface area contributed by atoms with Gasteiger partial charge in [0.25, 0.3) is 5.91 Å². The standard InChI is InChI=1S/C18H20N2O2/c1-4-14-5-7-16(8-6-14)18(22)20-19-11-15-9-12(2)17(21)13(3)10-15/h5-11,21H,4H2,1-3H3,(H,20,22)/b19-11+. The van der Waals surface area contributed by atoms with E-state index in [1.54, 1.807) is 18.3 Å². The second kappa shape index (κ2) is 6.89. The molecule has 2 N–H and O–H groups in total. The Hall–Kier alpha value is -2.62. The normalized spacial score (nSPS) is 10.9. The maximum atomic E-state index is 12.0. The van der Waals surface area contributed by atoms with Gasteiger partial charge in [-0.25, -0.2) is 5.43 Å². The number of aryl methyl sites for hydroxylation is 3. The molecule has 2 aromatic rings. The third-order valence-corrected chi connectivity index (χ3v) is 3.52. The highest BCUT2D eigenvalue weighted by Crippen LogP contribution is 2.21. The molecule has 0 aliphatic carbocycles. The first kappa shape index (κ1) is 15.8. The Balaban J connectivity index is 2.03. The molecular weight excluding hydrogens is 276 g/mol. The summed E-state index contributed by atoms with van der Waals surface area (Å²) in [6, 6.07) is 11.1. The summed E-state index contributed by atoms with van der Waals surface area (Å²) >= 11 is 0. The van der Waals surface area contributed by atoms with E-state index in [2.05, 4.69) is 17.5 Å². The van der Waals surface area contributed by atoms with Crippen LogP contribution in [0.15, 0.2) is 41.5 Å². The van der Waals surface area contributed by atoms with Crippen molar-refractivity contribution < 1.29 is 9.90 Å². The van der Waals surface area contributed by atoms with Crippen LogP contribution in [0.3, 0.4) is 0 Å². The molecule has 0 aliphatic rings. The lowest BCUT2D eigenvalue weighted by molar-refractivity contribution is 0.0955. The molecule has 4 heteroatoms. The predicted octanol–water partition coefficient (Wildman–Crippen LogP) is 3.34. The van der Waals surface area contributed by atoms with Crippen molar-refractivity contribution in [1.29, 1.82) is 0 Å². The summed E-state index contributed by atoms with van der Waals surface area (Å²) in [5, 5.41) is 13.7. The van der Waals surface area contributed by atoms with Gasteiger partial charge in [-0.3, -0.25) is 4.79 Å². The van der Waals surface area contributed by atoms with Crippen molar-refractivity contribution in [2.45, 2.75) is 27.2 Å². The number of carbonyl (C=O) groups excluding carboxylic acids is 1. The van der Waals surface area contributed by atoms with E-state index >= 15 is 0 Å². The fraction of sp³-hybridized carbons (Fsp3) is 0.222. The Kier molecular flexibility index (Phi) is 4.94. The minimum absolute atomic E-state index is 0.244. The van der Waals surface area contributed by atoms with Crippen molar-refractivity contribution in [2.75, 3.05) is 0 Å². The van der Waals surface area contributed by atoms with Crippen LogP contribution in [-0.2, 0) is 6.42 Å². The van der Waals surface area contributed by atoms with Gasteiger partial charge in [0.1, 0.15) is 5.75 Å². The molecule has 2 rings (SSSR count). The van der Waals surface area contributed by atoms with Crippen LogP contribution in [0.1, 0.15) is 39.5 Å². The first-order valence-corrected chi connectivity index (χ1v) is 7.23. The number of rotatable bonds is 4. The van der Waals surface area contributed by atoms with Gasteiger partial charge in [0.15, 0.2) is 0 Å². The summed E-state index contributed by atoms with van der Waals surface area (Å²) in [5.41, 5.74) is 6.66. The fourth-order valence-electron chi connectivity index (χ4n) is 2.19. The quantitative estimate of drug-likeness (QED) is 0.671. The monoisotopic (exact) mass is 296 g/mol. The molecule has 0 saturated carbocycles. The molecule has 0 saturated heterocycles. The van der Waals surface area contributed by atoms with Crippen molar-refractivity contribution in [3.05, 3.63) is 64.2 Å². The molecule has 22 heavy (non-hydrogen) atoms. The Labute approximate surface area is 130 Å². The molecule has 0 heterocycles. The molecular formula is C18H20N2O2. The van der Waals surface area contributed by atoms with Crippen molar-refractivity contribution in [2.24, 2.45) is 5.10 Å². The van der Waals surface area contributed by atoms with Gasteiger partial charge in [0, 0.05) is 5.56 Å². The average molecular weight is 296 g/mol. The summed E-state index contributed by atoms with van der Waals surface area (Å²) in [4.78, 5) is 12.0. The topological polar surface area (TPSA) is 61.7 Å². The summed E-state index contributed by atoms with van der Waals surface area (Å²) < 4.78 is 0. The van der Waals surface area contributed by atoms with E-state index in [0.29, 0.717) is 5.56 Å². The SMILES string of the molecule is CCc1ccc(C(=O)N/N=C/c2cc(C)c(O)c(C)c2)cc1. The van der Waals surface area contributed by atoms with E-state index in [1.165, 1.54) is 5.56 Å². The van der Waals surface area contributed by atoms with Crippen LogP contribution in [0, 0.1) is 13.8 Å². The number of aromatic hydroxyl groups is 1. The maximum Gasteiger partial charge on any atom is 0.271 e. The number of nitrogens with zero attached hydrogens (tertiary/aromatic N) is 1. The van der Waals surface area contributed by atoms with Gasteiger partial charge >= 0.3 is 0 Å². The zero-order chi connectivity index (χ0) is 16.1. The van der Waals surface area contributed by atoms with E-state index in [0.717, 1.165) is 23.1 Å². The lowest BCUT2D eigenvalue weighted by atomic mass is 10.1.